The summed E-state index contributed by atoms with van der Waals surface area (Å²) in [7, 11) is 1.74. The summed E-state index contributed by atoms with van der Waals surface area (Å²) in [5.41, 5.74) is 2.98. The lowest BCUT2D eigenvalue weighted by molar-refractivity contribution is -0.136. The zero-order chi connectivity index (χ0) is 26.2. The molecular formula is C28H32N8O2. The van der Waals surface area contributed by atoms with Crippen LogP contribution in [0.15, 0.2) is 65.4 Å². The second kappa shape index (κ2) is 10.0. The summed E-state index contributed by atoms with van der Waals surface area (Å²) >= 11 is 0. The number of fused-ring (bicyclic) bond motifs is 1. The fraction of sp³-hybridized carbons (Fsp3) is 0.393. The predicted octanol–water partition coefficient (Wildman–Crippen LogP) is 3.40. The van der Waals surface area contributed by atoms with Crippen molar-refractivity contribution in [2.75, 3.05) is 31.1 Å². The second-order valence-electron chi connectivity index (χ2n) is 10.2. The Kier molecular flexibility index (Phi) is 6.40. The lowest BCUT2D eigenvalue weighted by atomic mass is 9.99. The number of carbonyl (C=O) groups is 1. The smallest absolute Gasteiger partial charge is 0.237 e. The number of nitrogens with zero attached hydrogens (tertiary/aromatic N) is 8. The van der Waals surface area contributed by atoms with E-state index in [2.05, 4.69) is 68.3 Å². The van der Waals surface area contributed by atoms with E-state index in [4.69, 9.17) is 4.42 Å². The molecule has 3 aliphatic heterocycles. The predicted molar refractivity (Wildman–Crippen MR) is 143 cm³/mol. The molecule has 10 nitrogen and oxygen atoms in total. The van der Waals surface area contributed by atoms with Crippen LogP contribution in [0.4, 0.5) is 5.82 Å². The molecule has 6 rings (SSSR count). The van der Waals surface area contributed by atoms with E-state index in [-0.39, 0.29) is 24.0 Å². The molecule has 0 aromatic carbocycles. The Balaban J connectivity index is 1.13. The number of hydrogen-bond donors (Lipinski definition) is 0. The van der Waals surface area contributed by atoms with Gasteiger partial charge in [0.25, 0.3) is 0 Å². The van der Waals surface area contributed by atoms with Gasteiger partial charge < -0.3 is 14.2 Å². The summed E-state index contributed by atoms with van der Waals surface area (Å²) in [6.45, 7) is 6.96. The van der Waals surface area contributed by atoms with Gasteiger partial charge in [-0.1, -0.05) is 24.3 Å². The summed E-state index contributed by atoms with van der Waals surface area (Å²) in [6, 6.07) is 12.5. The minimum absolute atomic E-state index is 0.0189. The number of pyridine rings is 1. The number of aromatic nitrogens is 5. The van der Waals surface area contributed by atoms with Crippen LogP contribution in [0.5, 0.6) is 0 Å². The van der Waals surface area contributed by atoms with E-state index in [1.165, 1.54) is 4.80 Å². The third-order valence-electron chi connectivity index (χ3n) is 7.65. The molecule has 1 saturated heterocycles. The lowest BCUT2D eigenvalue weighted by Crippen LogP contribution is -2.59. The minimum atomic E-state index is -0.0189. The van der Waals surface area contributed by atoms with E-state index < -0.39 is 0 Å². The molecule has 1 fully saturated rings. The number of amides is 1. The Labute approximate surface area is 221 Å². The number of anilines is 1. The van der Waals surface area contributed by atoms with Gasteiger partial charge in [-0.25, -0.2) is 4.98 Å². The highest BCUT2D eigenvalue weighted by Gasteiger charge is 2.35. The molecule has 1 amide bonds. The molecule has 2 aromatic heterocycles. The van der Waals surface area contributed by atoms with Crippen LogP contribution in [0.2, 0.25) is 0 Å². The average Bonchev–Trinajstić information content (AvgIpc) is 3.57. The van der Waals surface area contributed by atoms with Crippen molar-refractivity contribution in [3.8, 4) is 22.7 Å². The number of tetrazole rings is 1. The normalized spacial score (nSPS) is 22.3. The number of rotatable bonds is 5. The Bertz CT molecular complexity index is 1400. The van der Waals surface area contributed by atoms with Crippen molar-refractivity contribution in [1.29, 1.82) is 0 Å². The van der Waals surface area contributed by atoms with Gasteiger partial charge in [0.15, 0.2) is 0 Å². The van der Waals surface area contributed by atoms with Crippen molar-refractivity contribution in [3.63, 3.8) is 0 Å². The van der Waals surface area contributed by atoms with E-state index in [0.29, 0.717) is 18.9 Å². The third-order valence-corrected chi connectivity index (χ3v) is 7.65. The first-order chi connectivity index (χ1) is 18.5. The summed E-state index contributed by atoms with van der Waals surface area (Å²) in [6.07, 6.45) is 8.54. The Hall–Kier alpha value is -4.05. The van der Waals surface area contributed by atoms with E-state index in [0.717, 1.165) is 47.8 Å². The van der Waals surface area contributed by atoms with E-state index >= 15 is 0 Å². The third kappa shape index (κ3) is 4.56. The molecule has 4 aliphatic rings. The monoisotopic (exact) mass is 512 g/mol. The quantitative estimate of drug-likeness (QED) is 0.376. The molecule has 2 aromatic rings. The maximum atomic E-state index is 13.7. The SMILES string of the molecule is C[C@@H]1CN(c2ccc(-c3nnn(C)n3)cn2)C[C@H](C)N1CC(=O)N1CC=CCC1c1ccc2cccoc1-2. The molecule has 5 heterocycles. The van der Waals surface area contributed by atoms with Gasteiger partial charge in [0.05, 0.1) is 25.9 Å². The highest BCUT2D eigenvalue weighted by Crippen LogP contribution is 2.38. The van der Waals surface area contributed by atoms with Crippen molar-refractivity contribution in [3.05, 3.63) is 66.6 Å². The molecule has 0 radical (unpaired) electrons. The molecular weight excluding hydrogens is 480 g/mol. The Morgan fingerprint density at radius 2 is 1.87 bits per heavy atom. The average molecular weight is 513 g/mol. The Morgan fingerprint density at radius 1 is 1.05 bits per heavy atom. The maximum Gasteiger partial charge on any atom is 0.237 e. The van der Waals surface area contributed by atoms with Gasteiger partial charge in [0.1, 0.15) is 11.6 Å². The van der Waals surface area contributed by atoms with Gasteiger partial charge in [-0.3, -0.25) is 9.69 Å². The fourth-order valence-electron chi connectivity index (χ4n) is 5.72. The van der Waals surface area contributed by atoms with Gasteiger partial charge in [0, 0.05) is 54.6 Å². The van der Waals surface area contributed by atoms with Crippen molar-refractivity contribution < 1.29 is 9.21 Å². The van der Waals surface area contributed by atoms with Crippen LogP contribution in [0, 0.1) is 0 Å². The molecule has 0 spiro atoms. The van der Waals surface area contributed by atoms with Crippen LogP contribution in [-0.2, 0) is 11.8 Å². The zero-order valence-corrected chi connectivity index (χ0v) is 21.9. The molecule has 0 N–H and O–H groups in total. The van der Waals surface area contributed by atoms with Crippen LogP contribution >= 0.6 is 0 Å². The summed E-state index contributed by atoms with van der Waals surface area (Å²) in [5.74, 6) is 2.49. The summed E-state index contributed by atoms with van der Waals surface area (Å²) < 4.78 is 5.84. The van der Waals surface area contributed by atoms with Gasteiger partial charge in [-0.2, -0.15) is 4.80 Å². The van der Waals surface area contributed by atoms with Gasteiger partial charge in [0.2, 0.25) is 11.7 Å². The summed E-state index contributed by atoms with van der Waals surface area (Å²) in [5, 5.41) is 12.2. The lowest BCUT2D eigenvalue weighted by Gasteiger charge is -2.45. The molecule has 0 saturated carbocycles. The number of aryl methyl sites for hydroxylation is 1. The standard InChI is InChI=1S/C28H32N8O2/c1-19-16-34(25-12-10-22(15-29-25)28-30-32-33(3)31-28)17-20(2)36(19)18-26(37)35-13-5-4-8-24(35)23-11-9-21-7-6-14-38-27(21)23/h4-7,9-12,14-15,19-20,24H,8,13,16-18H2,1-3H3/t19-,20+,24?. The first-order valence-electron chi connectivity index (χ1n) is 13.1. The topological polar surface area (TPSA) is 96.4 Å². The van der Waals surface area contributed by atoms with Crippen LogP contribution < -0.4 is 4.90 Å². The first-order valence-corrected chi connectivity index (χ1v) is 13.1. The van der Waals surface area contributed by atoms with E-state index in [1.54, 1.807) is 19.5 Å². The van der Waals surface area contributed by atoms with Crippen molar-refractivity contribution in [1.82, 2.24) is 35.0 Å². The van der Waals surface area contributed by atoms with Gasteiger partial charge in [-0.05, 0) is 49.7 Å². The van der Waals surface area contributed by atoms with Crippen LogP contribution in [0.3, 0.4) is 0 Å². The molecule has 10 heteroatoms. The second-order valence-corrected chi connectivity index (χ2v) is 10.2. The molecule has 1 unspecified atom stereocenters. The van der Waals surface area contributed by atoms with Crippen LogP contribution in [0.1, 0.15) is 31.9 Å². The molecule has 0 bridgehead atoms. The summed E-state index contributed by atoms with van der Waals surface area (Å²) in [4.78, 5) is 26.4. The number of carbonyl (C=O) groups excluding carboxylic acids is 1. The molecule has 3 atom stereocenters. The van der Waals surface area contributed by atoms with Crippen molar-refractivity contribution in [2.24, 2.45) is 7.05 Å². The van der Waals surface area contributed by atoms with Crippen molar-refractivity contribution >= 4 is 11.7 Å². The maximum absolute atomic E-state index is 13.7. The first kappa shape index (κ1) is 24.3. The van der Waals surface area contributed by atoms with Gasteiger partial charge in [-0.15, -0.1) is 10.2 Å². The van der Waals surface area contributed by atoms with Gasteiger partial charge >= 0.3 is 0 Å². The molecule has 196 valence electrons. The largest absolute Gasteiger partial charge is 0.464 e. The molecule has 38 heavy (non-hydrogen) atoms. The fourth-order valence-corrected chi connectivity index (χ4v) is 5.72. The van der Waals surface area contributed by atoms with Crippen LogP contribution in [0.25, 0.3) is 22.7 Å². The van der Waals surface area contributed by atoms with E-state index in [1.807, 2.05) is 29.2 Å². The zero-order valence-electron chi connectivity index (χ0n) is 21.9. The Morgan fingerprint density at radius 3 is 2.61 bits per heavy atom. The van der Waals surface area contributed by atoms with Crippen LogP contribution in [-0.4, -0.2) is 79.2 Å². The minimum Gasteiger partial charge on any atom is -0.464 e. The number of hydrogen-bond acceptors (Lipinski definition) is 8. The number of piperazine rings is 1. The highest BCUT2D eigenvalue weighted by molar-refractivity contribution is 5.80. The molecule has 1 aliphatic carbocycles. The van der Waals surface area contributed by atoms with E-state index in [9.17, 15) is 4.79 Å². The van der Waals surface area contributed by atoms with Crippen molar-refractivity contribution in [2.45, 2.75) is 38.4 Å². The highest BCUT2D eigenvalue weighted by atomic mass is 16.3.